The van der Waals surface area contributed by atoms with Crippen LogP contribution >= 0.6 is 23.7 Å². The molecule has 0 spiro atoms. The molecule has 0 atom stereocenters. The quantitative estimate of drug-likeness (QED) is 0.447. The number of carbonyl (C=O) groups is 1. The number of ether oxygens (including phenoxy) is 1. The normalized spacial score (nSPS) is 11.4. The number of thiazole rings is 1. The minimum atomic E-state index is -3.76. The lowest BCUT2D eigenvalue weighted by Gasteiger charge is -2.21. The van der Waals surface area contributed by atoms with Gasteiger partial charge in [0.2, 0.25) is 5.91 Å². The summed E-state index contributed by atoms with van der Waals surface area (Å²) >= 11 is 1.35. The van der Waals surface area contributed by atoms with Gasteiger partial charge in [0.05, 0.1) is 16.7 Å². The zero-order chi connectivity index (χ0) is 22.6. The van der Waals surface area contributed by atoms with Crippen molar-refractivity contribution in [1.29, 1.82) is 0 Å². The summed E-state index contributed by atoms with van der Waals surface area (Å²) in [5, 5.41) is 0.474. The van der Waals surface area contributed by atoms with Crippen molar-refractivity contribution in [3.8, 4) is 5.75 Å². The van der Waals surface area contributed by atoms with Crippen LogP contribution in [0.15, 0.2) is 47.4 Å². The number of aromatic nitrogens is 1. The second-order valence-electron chi connectivity index (χ2n) is 7.58. The van der Waals surface area contributed by atoms with E-state index < -0.39 is 21.5 Å². The maximum Gasteiger partial charge on any atom is 0.244 e. The number of amides is 1. The average Bonchev–Trinajstić information content (AvgIpc) is 3.14. The van der Waals surface area contributed by atoms with Crippen molar-refractivity contribution in [1.82, 2.24) is 9.88 Å². The van der Waals surface area contributed by atoms with Gasteiger partial charge in [0.1, 0.15) is 17.0 Å². The first-order valence-corrected chi connectivity index (χ1v) is 12.4. The van der Waals surface area contributed by atoms with Crippen molar-refractivity contribution >= 4 is 54.8 Å². The number of methoxy groups -OCH3 is 1. The van der Waals surface area contributed by atoms with Crippen LogP contribution in [-0.4, -0.2) is 64.3 Å². The van der Waals surface area contributed by atoms with Crippen LogP contribution in [0.25, 0.3) is 10.2 Å². The highest BCUT2D eigenvalue weighted by Crippen LogP contribution is 2.34. The molecular weight excluding hydrogens is 470 g/mol. The van der Waals surface area contributed by atoms with E-state index >= 15 is 0 Å². The van der Waals surface area contributed by atoms with Crippen molar-refractivity contribution in [2.45, 2.75) is 18.2 Å². The van der Waals surface area contributed by atoms with Crippen molar-refractivity contribution in [2.75, 3.05) is 44.9 Å². The topological polar surface area (TPSA) is 79.8 Å². The molecule has 0 aliphatic rings. The molecule has 0 bridgehead atoms. The van der Waals surface area contributed by atoms with Gasteiger partial charge >= 0.3 is 0 Å². The van der Waals surface area contributed by atoms with Crippen LogP contribution in [-0.2, 0) is 14.6 Å². The maximum atomic E-state index is 13.2. The van der Waals surface area contributed by atoms with E-state index in [1.165, 1.54) is 28.4 Å². The van der Waals surface area contributed by atoms with Gasteiger partial charge in [0.15, 0.2) is 15.0 Å². The van der Waals surface area contributed by atoms with E-state index in [1.807, 2.05) is 44.1 Å². The lowest BCUT2D eigenvalue weighted by Crippen LogP contribution is -2.37. The first-order chi connectivity index (χ1) is 14.7. The van der Waals surface area contributed by atoms with Crippen molar-refractivity contribution in [3.05, 3.63) is 48.0 Å². The number of fused-ring (bicyclic) bond motifs is 1. The van der Waals surface area contributed by atoms with Gasteiger partial charge in [-0.15, -0.1) is 12.4 Å². The van der Waals surface area contributed by atoms with E-state index in [2.05, 4.69) is 4.98 Å². The molecule has 0 aliphatic heterocycles. The van der Waals surface area contributed by atoms with E-state index in [-0.39, 0.29) is 17.3 Å². The molecule has 174 valence electrons. The maximum absolute atomic E-state index is 13.2. The summed E-state index contributed by atoms with van der Waals surface area (Å²) in [5.74, 6) is -0.476. The summed E-state index contributed by atoms with van der Waals surface area (Å²) in [6.45, 7) is 3.03. The number of nitrogens with zero attached hydrogens (tertiary/aromatic N) is 3. The Bertz CT molecular complexity index is 1160. The molecule has 7 nitrogen and oxygen atoms in total. The summed E-state index contributed by atoms with van der Waals surface area (Å²) in [5.41, 5.74) is 1.62. The van der Waals surface area contributed by atoms with Crippen molar-refractivity contribution in [3.63, 3.8) is 0 Å². The molecule has 0 saturated heterocycles. The molecule has 0 unspecified atom stereocenters. The number of hydrogen-bond acceptors (Lipinski definition) is 7. The average molecular weight is 498 g/mol. The van der Waals surface area contributed by atoms with Gasteiger partial charge in [0, 0.05) is 6.54 Å². The zero-order valence-corrected chi connectivity index (χ0v) is 21.0. The molecule has 1 heterocycles. The van der Waals surface area contributed by atoms with E-state index in [4.69, 9.17) is 4.74 Å². The van der Waals surface area contributed by atoms with E-state index in [1.54, 1.807) is 19.2 Å². The van der Waals surface area contributed by atoms with Gasteiger partial charge < -0.3 is 9.64 Å². The number of rotatable bonds is 9. The number of para-hydroxylation sites is 1. The molecular formula is C22H28ClN3O4S2. The fourth-order valence-electron chi connectivity index (χ4n) is 3.13. The summed E-state index contributed by atoms with van der Waals surface area (Å²) < 4.78 is 32.0. The number of sulfone groups is 1. The van der Waals surface area contributed by atoms with Crippen LogP contribution in [0.1, 0.15) is 12.0 Å². The minimum absolute atomic E-state index is 0. The highest BCUT2D eigenvalue weighted by molar-refractivity contribution is 7.92. The van der Waals surface area contributed by atoms with Gasteiger partial charge in [0.25, 0.3) is 0 Å². The summed E-state index contributed by atoms with van der Waals surface area (Å²) in [6, 6.07) is 12.1. The number of halogens is 1. The van der Waals surface area contributed by atoms with Gasteiger partial charge in [-0.25, -0.2) is 13.4 Å². The molecule has 1 aromatic heterocycles. The van der Waals surface area contributed by atoms with Crippen LogP contribution < -0.4 is 9.64 Å². The monoisotopic (exact) mass is 497 g/mol. The van der Waals surface area contributed by atoms with Crippen LogP contribution in [0.3, 0.4) is 0 Å². The van der Waals surface area contributed by atoms with Crippen LogP contribution in [0, 0.1) is 6.92 Å². The molecule has 0 fully saturated rings. The number of hydrogen-bond donors (Lipinski definition) is 0. The summed E-state index contributed by atoms with van der Waals surface area (Å²) in [4.78, 5) is 21.4. The van der Waals surface area contributed by atoms with E-state index in [0.29, 0.717) is 29.4 Å². The highest BCUT2D eigenvalue weighted by Gasteiger charge is 2.26. The van der Waals surface area contributed by atoms with Crippen LogP contribution in [0.4, 0.5) is 5.13 Å². The number of anilines is 1. The fourth-order valence-corrected chi connectivity index (χ4v) is 5.36. The van der Waals surface area contributed by atoms with E-state index in [0.717, 1.165) is 16.8 Å². The molecule has 3 rings (SSSR count). The van der Waals surface area contributed by atoms with Gasteiger partial charge in [-0.1, -0.05) is 35.1 Å². The third-order valence-electron chi connectivity index (χ3n) is 4.80. The Morgan fingerprint density at radius 3 is 2.41 bits per heavy atom. The molecule has 32 heavy (non-hydrogen) atoms. The Balaban J connectivity index is 0.00000363. The second-order valence-corrected chi connectivity index (χ2v) is 10.6. The second kappa shape index (κ2) is 11.1. The highest BCUT2D eigenvalue weighted by atomic mass is 35.5. The minimum Gasteiger partial charge on any atom is -0.494 e. The largest absolute Gasteiger partial charge is 0.494 e. The molecule has 0 saturated carbocycles. The Kier molecular flexibility index (Phi) is 9.03. The SMILES string of the molecule is COc1cccc2sc(N(CCCN(C)C)C(=O)CS(=O)(=O)c3ccc(C)cc3)nc12.Cl. The van der Waals surface area contributed by atoms with Crippen molar-refractivity contribution < 1.29 is 17.9 Å². The molecule has 0 radical (unpaired) electrons. The molecule has 3 aromatic rings. The Hall–Kier alpha value is -2.20. The molecule has 1 amide bonds. The Morgan fingerprint density at radius 2 is 1.78 bits per heavy atom. The van der Waals surface area contributed by atoms with Crippen LogP contribution in [0.2, 0.25) is 0 Å². The van der Waals surface area contributed by atoms with Gasteiger partial charge in [-0.2, -0.15) is 0 Å². The Morgan fingerprint density at radius 1 is 1.09 bits per heavy atom. The summed E-state index contributed by atoms with van der Waals surface area (Å²) in [6.07, 6.45) is 0.691. The zero-order valence-electron chi connectivity index (χ0n) is 18.6. The molecule has 2 aromatic carbocycles. The third kappa shape index (κ3) is 6.19. The molecule has 0 aliphatic carbocycles. The smallest absolute Gasteiger partial charge is 0.244 e. The number of carbonyl (C=O) groups excluding carboxylic acids is 1. The van der Waals surface area contributed by atoms with Gasteiger partial charge in [-0.05, 0) is 58.3 Å². The predicted molar refractivity (Wildman–Crippen MR) is 132 cm³/mol. The standard InChI is InChI=1S/C22H27N3O4S2.ClH/c1-16-9-11-17(12-10-16)31(27,28)15-20(26)25(14-6-13-24(2)3)22-23-21-18(29-4)7-5-8-19(21)30-22;/h5,7-12H,6,13-15H2,1-4H3;1H. The van der Waals surface area contributed by atoms with Crippen LogP contribution in [0.5, 0.6) is 5.75 Å². The number of benzene rings is 2. The predicted octanol–water partition coefficient (Wildman–Crippen LogP) is 3.79. The first kappa shape index (κ1) is 26.1. The number of aryl methyl sites for hydroxylation is 1. The molecule has 0 N–H and O–H groups in total. The third-order valence-corrected chi connectivity index (χ3v) is 7.46. The van der Waals surface area contributed by atoms with Crippen molar-refractivity contribution in [2.24, 2.45) is 0 Å². The lowest BCUT2D eigenvalue weighted by molar-refractivity contribution is -0.116. The summed E-state index contributed by atoms with van der Waals surface area (Å²) in [7, 11) is 1.72. The lowest BCUT2D eigenvalue weighted by atomic mass is 10.2. The Labute approximate surface area is 199 Å². The van der Waals surface area contributed by atoms with Gasteiger partial charge in [-0.3, -0.25) is 9.69 Å². The van der Waals surface area contributed by atoms with E-state index in [9.17, 15) is 13.2 Å². The molecule has 10 heteroatoms. The first-order valence-electron chi connectivity index (χ1n) is 9.89. The fraction of sp³-hybridized carbons (Fsp3) is 0.364.